The van der Waals surface area contributed by atoms with Crippen molar-refractivity contribution in [3.63, 3.8) is 0 Å². The van der Waals surface area contributed by atoms with Crippen molar-refractivity contribution < 1.29 is 13.2 Å². The molecule has 5 nitrogen and oxygen atoms in total. The Hall–Kier alpha value is -2.08. The highest BCUT2D eigenvalue weighted by Crippen LogP contribution is 2.13. The molecule has 6 heteroatoms. The molecule has 18 heavy (non-hydrogen) atoms. The van der Waals surface area contributed by atoms with Gasteiger partial charge in [-0.3, -0.25) is 9.78 Å². The molecule has 0 aliphatic carbocycles. The fourth-order valence-corrected chi connectivity index (χ4v) is 2.10. The van der Waals surface area contributed by atoms with Gasteiger partial charge in [-0.1, -0.05) is 12.1 Å². The fraction of sp³-hybridized carbons (Fsp3) is 0.0833. The van der Waals surface area contributed by atoms with E-state index >= 15 is 0 Å². The van der Waals surface area contributed by atoms with Crippen LogP contribution in [0.25, 0.3) is 0 Å². The van der Waals surface area contributed by atoms with E-state index in [0.29, 0.717) is 0 Å². The van der Waals surface area contributed by atoms with Gasteiger partial charge >= 0.3 is 0 Å². The summed E-state index contributed by atoms with van der Waals surface area (Å²) in [6.45, 7) is 0. The topological polar surface area (TPSA) is 77.0 Å². The van der Waals surface area contributed by atoms with Gasteiger partial charge in [0.1, 0.15) is 5.69 Å². The quantitative estimate of drug-likeness (QED) is 0.774. The molecule has 0 atom stereocenters. The molecule has 1 heterocycles. The van der Waals surface area contributed by atoms with Crippen LogP contribution >= 0.6 is 0 Å². The summed E-state index contributed by atoms with van der Waals surface area (Å²) in [5.41, 5.74) is 0.460. The number of hydrogen-bond acceptors (Lipinski definition) is 5. The molecule has 92 valence electrons. The van der Waals surface area contributed by atoms with Gasteiger partial charge in [-0.05, 0) is 12.1 Å². The predicted octanol–water partition coefficient (Wildman–Crippen LogP) is 1.11. The second-order valence-electron chi connectivity index (χ2n) is 3.72. The van der Waals surface area contributed by atoms with Crippen LogP contribution in [-0.2, 0) is 9.84 Å². The summed E-state index contributed by atoms with van der Waals surface area (Å²) in [6, 6.07) is 5.86. The summed E-state index contributed by atoms with van der Waals surface area (Å²) < 4.78 is 22.8. The van der Waals surface area contributed by atoms with E-state index in [1.165, 1.54) is 36.8 Å². The van der Waals surface area contributed by atoms with E-state index < -0.39 is 9.84 Å². The van der Waals surface area contributed by atoms with Gasteiger partial charge in [0.25, 0.3) is 0 Å². The van der Waals surface area contributed by atoms with Crippen molar-refractivity contribution >= 4 is 15.6 Å². The molecule has 1 aromatic carbocycles. The number of sulfone groups is 1. The van der Waals surface area contributed by atoms with Crippen molar-refractivity contribution in [3.05, 3.63) is 54.1 Å². The monoisotopic (exact) mass is 262 g/mol. The Balaban J connectivity index is 2.44. The van der Waals surface area contributed by atoms with Crippen molar-refractivity contribution in [1.29, 1.82) is 0 Å². The molecule has 0 radical (unpaired) electrons. The Labute approximate surface area is 104 Å². The molecule has 0 aliphatic rings. The molecule has 0 N–H and O–H groups in total. The number of hydrogen-bond donors (Lipinski definition) is 0. The van der Waals surface area contributed by atoms with Crippen LogP contribution in [0.4, 0.5) is 0 Å². The molecule has 0 unspecified atom stereocenters. The standard InChI is InChI=1S/C12H10N2O3S/c1-18(16,17)10-4-2-3-9(7-10)12(15)11-8-13-5-6-14-11/h2-8H,1H3. The number of ketones is 1. The number of nitrogens with zero attached hydrogens (tertiary/aromatic N) is 2. The van der Waals surface area contributed by atoms with E-state index in [2.05, 4.69) is 9.97 Å². The van der Waals surface area contributed by atoms with Gasteiger partial charge < -0.3 is 0 Å². The number of rotatable bonds is 3. The summed E-state index contributed by atoms with van der Waals surface area (Å²) >= 11 is 0. The molecule has 1 aromatic heterocycles. The first-order chi connectivity index (χ1) is 8.48. The lowest BCUT2D eigenvalue weighted by Crippen LogP contribution is -2.06. The molecule has 0 saturated carbocycles. The zero-order chi connectivity index (χ0) is 13.2. The molecule has 0 saturated heterocycles. The predicted molar refractivity (Wildman–Crippen MR) is 65.0 cm³/mol. The average Bonchev–Trinajstić information content (AvgIpc) is 2.38. The average molecular weight is 262 g/mol. The summed E-state index contributed by atoms with van der Waals surface area (Å²) in [5, 5.41) is 0. The Morgan fingerprint density at radius 1 is 1.22 bits per heavy atom. The highest BCUT2D eigenvalue weighted by molar-refractivity contribution is 7.90. The maximum Gasteiger partial charge on any atom is 0.212 e. The lowest BCUT2D eigenvalue weighted by molar-refractivity contribution is 0.103. The Morgan fingerprint density at radius 2 is 2.00 bits per heavy atom. The van der Waals surface area contributed by atoms with Crippen LogP contribution in [0.15, 0.2) is 47.8 Å². The van der Waals surface area contributed by atoms with E-state index in [9.17, 15) is 13.2 Å². The van der Waals surface area contributed by atoms with Crippen molar-refractivity contribution in [2.45, 2.75) is 4.90 Å². The van der Waals surface area contributed by atoms with E-state index in [1.54, 1.807) is 6.07 Å². The molecule has 0 bridgehead atoms. The molecule has 2 aromatic rings. The minimum Gasteiger partial charge on any atom is -0.287 e. The first-order valence-electron chi connectivity index (χ1n) is 5.09. The fourth-order valence-electron chi connectivity index (χ4n) is 1.43. The minimum atomic E-state index is -3.33. The van der Waals surface area contributed by atoms with E-state index in [1.807, 2.05) is 0 Å². The third-order valence-corrected chi connectivity index (χ3v) is 3.43. The van der Waals surface area contributed by atoms with Gasteiger partial charge in [0.15, 0.2) is 9.84 Å². The van der Waals surface area contributed by atoms with E-state index in [4.69, 9.17) is 0 Å². The highest BCUT2D eigenvalue weighted by Gasteiger charge is 2.14. The maximum atomic E-state index is 12.0. The van der Waals surface area contributed by atoms with Gasteiger partial charge in [-0.15, -0.1) is 0 Å². The third-order valence-electron chi connectivity index (χ3n) is 2.32. The first kappa shape index (κ1) is 12.4. The third kappa shape index (κ3) is 2.60. The maximum absolute atomic E-state index is 12.0. The van der Waals surface area contributed by atoms with Gasteiger partial charge in [0.05, 0.1) is 11.1 Å². The Morgan fingerprint density at radius 3 is 2.61 bits per heavy atom. The van der Waals surface area contributed by atoms with Crippen LogP contribution in [0.1, 0.15) is 16.1 Å². The molecular formula is C12H10N2O3S. The number of carbonyl (C=O) groups excluding carboxylic acids is 1. The highest BCUT2D eigenvalue weighted by atomic mass is 32.2. The number of carbonyl (C=O) groups is 1. The van der Waals surface area contributed by atoms with Gasteiger partial charge in [0, 0.05) is 24.2 Å². The minimum absolute atomic E-state index is 0.109. The summed E-state index contributed by atoms with van der Waals surface area (Å²) in [7, 11) is -3.33. The Kier molecular flexibility index (Phi) is 3.20. The van der Waals surface area contributed by atoms with E-state index in [-0.39, 0.29) is 21.9 Å². The Bertz CT molecular complexity index is 681. The normalized spacial score (nSPS) is 11.2. The van der Waals surface area contributed by atoms with Crippen LogP contribution in [0.2, 0.25) is 0 Å². The molecule has 0 spiro atoms. The zero-order valence-electron chi connectivity index (χ0n) is 9.57. The van der Waals surface area contributed by atoms with Gasteiger partial charge in [0.2, 0.25) is 5.78 Å². The van der Waals surface area contributed by atoms with E-state index in [0.717, 1.165) is 6.26 Å². The summed E-state index contributed by atoms with van der Waals surface area (Å²) in [4.78, 5) is 19.8. The van der Waals surface area contributed by atoms with Crippen LogP contribution in [0, 0.1) is 0 Å². The van der Waals surface area contributed by atoms with Crippen molar-refractivity contribution in [2.75, 3.05) is 6.26 Å². The van der Waals surface area contributed by atoms with Crippen molar-refractivity contribution in [1.82, 2.24) is 9.97 Å². The SMILES string of the molecule is CS(=O)(=O)c1cccc(C(=O)c2cnccn2)c1. The molecular weight excluding hydrogens is 252 g/mol. The lowest BCUT2D eigenvalue weighted by Gasteiger charge is -2.02. The summed E-state index contributed by atoms with van der Waals surface area (Å²) in [5.74, 6) is -0.353. The number of benzene rings is 1. The zero-order valence-corrected chi connectivity index (χ0v) is 10.4. The second-order valence-corrected chi connectivity index (χ2v) is 5.74. The van der Waals surface area contributed by atoms with Crippen molar-refractivity contribution in [3.8, 4) is 0 Å². The molecule has 0 aliphatic heterocycles. The van der Waals surface area contributed by atoms with Gasteiger partial charge in [-0.2, -0.15) is 0 Å². The van der Waals surface area contributed by atoms with Crippen LogP contribution in [-0.4, -0.2) is 30.4 Å². The molecule has 2 rings (SSSR count). The molecule has 0 fully saturated rings. The van der Waals surface area contributed by atoms with Gasteiger partial charge in [-0.25, -0.2) is 13.4 Å². The smallest absolute Gasteiger partial charge is 0.212 e. The second kappa shape index (κ2) is 4.66. The van der Waals surface area contributed by atoms with Crippen LogP contribution in [0.5, 0.6) is 0 Å². The lowest BCUT2D eigenvalue weighted by atomic mass is 10.1. The van der Waals surface area contributed by atoms with Crippen LogP contribution in [0.3, 0.4) is 0 Å². The molecule has 0 amide bonds. The first-order valence-corrected chi connectivity index (χ1v) is 6.98. The number of aromatic nitrogens is 2. The van der Waals surface area contributed by atoms with Crippen molar-refractivity contribution in [2.24, 2.45) is 0 Å². The summed E-state index contributed by atoms with van der Waals surface area (Å²) in [6.07, 6.45) is 5.31. The largest absolute Gasteiger partial charge is 0.287 e. The van der Waals surface area contributed by atoms with Crippen LogP contribution < -0.4 is 0 Å².